The van der Waals surface area contributed by atoms with E-state index in [-0.39, 0.29) is 6.54 Å². The Labute approximate surface area is 91.5 Å². The van der Waals surface area contributed by atoms with E-state index in [4.69, 9.17) is 5.11 Å². The molecule has 2 atom stereocenters. The normalized spacial score (nSPS) is 31.9. The number of nitrogens with zero attached hydrogens (tertiary/aromatic N) is 1. The smallest absolute Gasteiger partial charge is 0.317 e. The molecule has 0 aromatic rings. The summed E-state index contributed by atoms with van der Waals surface area (Å²) in [7, 11) is 1.95. The fourth-order valence-electron chi connectivity index (χ4n) is 2.94. The van der Waals surface area contributed by atoms with Crippen molar-refractivity contribution in [1.82, 2.24) is 4.90 Å². The topological polar surface area (TPSA) is 40.5 Å². The van der Waals surface area contributed by atoms with Crippen LogP contribution >= 0.6 is 0 Å². The molecule has 0 amide bonds. The second kappa shape index (κ2) is 4.52. The molecule has 15 heavy (non-hydrogen) atoms. The van der Waals surface area contributed by atoms with Gasteiger partial charge in [0.25, 0.3) is 0 Å². The highest BCUT2D eigenvalue weighted by Gasteiger charge is 2.35. The fourth-order valence-corrected chi connectivity index (χ4v) is 2.94. The lowest BCUT2D eigenvalue weighted by Gasteiger charge is -2.34. The minimum absolute atomic E-state index is 0.196. The lowest BCUT2D eigenvalue weighted by atomic mass is 9.82. The molecule has 3 nitrogen and oxygen atoms in total. The first-order chi connectivity index (χ1) is 7.16. The number of hydrogen-bond donors (Lipinski definition) is 1. The van der Waals surface area contributed by atoms with Gasteiger partial charge in [-0.25, -0.2) is 0 Å². The molecular formula is C12H21NO2. The van der Waals surface area contributed by atoms with Gasteiger partial charge in [0, 0.05) is 6.04 Å². The quantitative estimate of drug-likeness (QED) is 0.773. The largest absolute Gasteiger partial charge is 0.480 e. The van der Waals surface area contributed by atoms with E-state index in [1.54, 1.807) is 0 Å². The van der Waals surface area contributed by atoms with E-state index in [2.05, 4.69) is 0 Å². The van der Waals surface area contributed by atoms with Crippen LogP contribution in [0.5, 0.6) is 0 Å². The third kappa shape index (κ3) is 2.94. The van der Waals surface area contributed by atoms with Crippen LogP contribution in [-0.4, -0.2) is 35.6 Å². The molecule has 0 aliphatic heterocycles. The van der Waals surface area contributed by atoms with E-state index in [1.807, 2.05) is 11.9 Å². The summed E-state index contributed by atoms with van der Waals surface area (Å²) >= 11 is 0. The van der Waals surface area contributed by atoms with Gasteiger partial charge in [-0.3, -0.25) is 9.69 Å². The second-order valence-corrected chi connectivity index (χ2v) is 5.23. The van der Waals surface area contributed by atoms with Crippen molar-refractivity contribution in [3.05, 3.63) is 0 Å². The molecule has 2 aliphatic carbocycles. The Balaban J connectivity index is 1.82. The van der Waals surface area contributed by atoms with Crippen molar-refractivity contribution in [2.75, 3.05) is 13.6 Å². The monoisotopic (exact) mass is 211 g/mol. The summed E-state index contributed by atoms with van der Waals surface area (Å²) in [5, 5.41) is 8.76. The average molecular weight is 211 g/mol. The Bertz CT molecular complexity index is 238. The van der Waals surface area contributed by atoms with Gasteiger partial charge < -0.3 is 5.11 Å². The zero-order valence-corrected chi connectivity index (χ0v) is 9.48. The fraction of sp³-hybridized carbons (Fsp3) is 0.917. The van der Waals surface area contributed by atoms with Crippen LogP contribution < -0.4 is 0 Å². The van der Waals surface area contributed by atoms with E-state index in [0.29, 0.717) is 6.04 Å². The van der Waals surface area contributed by atoms with Gasteiger partial charge in [-0.15, -0.1) is 0 Å². The molecular weight excluding hydrogens is 190 g/mol. The first-order valence-electron chi connectivity index (χ1n) is 6.09. The molecule has 1 N–H and O–H groups in total. The van der Waals surface area contributed by atoms with Crippen LogP contribution in [0.25, 0.3) is 0 Å². The number of likely N-dealkylation sites (N-methyl/N-ethyl adjacent to an activating group) is 1. The molecule has 0 spiro atoms. The zero-order valence-electron chi connectivity index (χ0n) is 9.48. The molecule has 3 heteroatoms. The molecule has 0 aromatic heterocycles. The summed E-state index contributed by atoms with van der Waals surface area (Å²) in [4.78, 5) is 12.7. The summed E-state index contributed by atoms with van der Waals surface area (Å²) in [5.41, 5.74) is 0. The Morgan fingerprint density at radius 1 is 1.27 bits per heavy atom. The Hall–Kier alpha value is -0.570. The van der Waals surface area contributed by atoms with E-state index < -0.39 is 5.97 Å². The van der Waals surface area contributed by atoms with Gasteiger partial charge in [-0.2, -0.15) is 0 Å². The minimum Gasteiger partial charge on any atom is -0.480 e. The second-order valence-electron chi connectivity index (χ2n) is 5.23. The van der Waals surface area contributed by atoms with Crippen molar-refractivity contribution in [3.63, 3.8) is 0 Å². The van der Waals surface area contributed by atoms with Gasteiger partial charge in [-0.05, 0) is 44.6 Å². The Morgan fingerprint density at radius 3 is 2.60 bits per heavy atom. The highest BCUT2D eigenvalue weighted by molar-refractivity contribution is 5.69. The SMILES string of the molecule is CN(CC(=O)O)C1CCCC(C2CC2)C1. The van der Waals surface area contributed by atoms with Crippen LogP contribution in [0.2, 0.25) is 0 Å². The van der Waals surface area contributed by atoms with Gasteiger partial charge in [0.1, 0.15) is 0 Å². The highest BCUT2D eigenvalue weighted by Crippen LogP contribution is 2.44. The third-order valence-corrected chi connectivity index (χ3v) is 3.98. The van der Waals surface area contributed by atoms with Gasteiger partial charge in [0.15, 0.2) is 0 Å². The molecule has 2 fully saturated rings. The van der Waals surface area contributed by atoms with Crippen molar-refractivity contribution < 1.29 is 9.90 Å². The van der Waals surface area contributed by atoms with Crippen molar-refractivity contribution in [2.45, 2.75) is 44.6 Å². The average Bonchev–Trinajstić information content (AvgIpc) is 3.00. The van der Waals surface area contributed by atoms with Crippen LogP contribution in [0.1, 0.15) is 38.5 Å². The predicted molar refractivity (Wildman–Crippen MR) is 58.7 cm³/mol. The minimum atomic E-state index is -0.703. The van der Waals surface area contributed by atoms with E-state index in [9.17, 15) is 4.79 Å². The first kappa shape index (κ1) is 10.9. The maximum atomic E-state index is 10.6. The molecule has 0 radical (unpaired) electrons. The number of rotatable bonds is 4. The summed E-state index contributed by atoms with van der Waals surface area (Å²) < 4.78 is 0. The lowest BCUT2D eigenvalue weighted by Crippen LogP contribution is -2.39. The maximum absolute atomic E-state index is 10.6. The van der Waals surface area contributed by atoms with Crippen LogP contribution in [0.15, 0.2) is 0 Å². The summed E-state index contributed by atoms with van der Waals surface area (Å²) in [5.74, 6) is 1.16. The van der Waals surface area contributed by atoms with E-state index in [1.165, 1.54) is 38.5 Å². The number of hydrogen-bond acceptors (Lipinski definition) is 2. The van der Waals surface area contributed by atoms with E-state index >= 15 is 0 Å². The molecule has 0 aromatic carbocycles. The number of carboxylic acids is 1. The molecule has 86 valence electrons. The molecule has 2 rings (SSSR count). The van der Waals surface area contributed by atoms with Gasteiger partial charge in [-0.1, -0.05) is 12.8 Å². The van der Waals surface area contributed by atoms with Gasteiger partial charge >= 0.3 is 5.97 Å². The van der Waals surface area contributed by atoms with Crippen LogP contribution in [0.3, 0.4) is 0 Å². The molecule has 0 heterocycles. The van der Waals surface area contributed by atoms with Crippen molar-refractivity contribution >= 4 is 5.97 Å². The summed E-state index contributed by atoms with van der Waals surface area (Å²) in [6, 6.07) is 0.514. The molecule has 0 bridgehead atoms. The zero-order chi connectivity index (χ0) is 10.8. The molecule has 2 aliphatic rings. The molecule has 2 saturated carbocycles. The van der Waals surface area contributed by atoms with Crippen molar-refractivity contribution in [1.29, 1.82) is 0 Å². The number of aliphatic carboxylic acids is 1. The number of carboxylic acid groups (broad SMARTS) is 1. The standard InChI is InChI=1S/C12H21NO2/c1-13(8-12(14)15)11-4-2-3-10(7-11)9-5-6-9/h9-11H,2-8H2,1H3,(H,14,15). The third-order valence-electron chi connectivity index (χ3n) is 3.98. The van der Waals surface area contributed by atoms with Crippen LogP contribution in [-0.2, 0) is 4.79 Å². The maximum Gasteiger partial charge on any atom is 0.317 e. The van der Waals surface area contributed by atoms with Crippen LogP contribution in [0.4, 0.5) is 0 Å². The van der Waals surface area contributed by atoms with Crippen molar-refractivity contribution in [2.24, 2.45) is 11.8 Å². The summed E-state index contributed by atoms with van der Waals surface area (Å²) in [6.07, 6.45) is 7.92. The summed E-state index contributed by atoms with van der Waals surface area (Å²) in [6.45, 7) is 0.196. The van der Waals surface area contributed by atoms with Gasteiger partial charge in [0.05, 0.1) is 6.54 Å². The first-order valence-corrected chi connectivity index (χ1v) is 6.09. The lowest BCUT2D eigenvalue weighted by molar-refractivity contribution is -0.138. The number of carbonyl (C=O) groups is 1. The highest BCUT2D eigenvalue weighted by atomic mass is 16.4. The Morgan fingerprint density at radius 2 is 2.00 bits per heavy atom. The van der Waals surface area contributed by atoms with E-state index in [0.717, 1.165) is 11.8 Å². The van der Waals surface area contributed by atoms with Crippen molar-refractivity contribution in [3.8, 4) is 0 Å². The van der Waals surface area contributed by atoms with Gasteiger partial charge in [0.2, 0.25) is 0 Å². The Kier molecular flexibility index (Phi) is 3.29. The molecule has 0 saturated heterocycles. The molecule has 2 unspecified atom stereocenters. The van der Waals surface area contributed by atoms with Crippen LogP contribution in [0, 0.1) is 11.8 Å². The predicted octanol–water partition coefficient (Wildman–Crippen LogP) is 1.97.